The molecule has 0 amide bonds. The number of nitrogens with one attached hydrogen (secondary N) is 1. The van der Waals surface area contributed by atoms with Gasteiger partial charge in [-0.25, -0.2) is 0 Å². The van der Waals surface area contributed by atoms with Crippen molar-refractivity contribution >= 4 is 0 Å². The molecule has 1 heterocycles. The number of piperazine rings is 1. The lowest BCUT2D eigenvalue weighted by molar-refractivity contribution is 0.174. The molecule has 1 aromatic carbocycles. The quantitative estimate of drug-likeness (QED) is 0.805. The number of ether oxygens (including phenoxy) is 1. The predicted octanol–water partition coefficient (Wildman–Crippen LogP) is 0.599. The molecule has 2 atom stereocenters. The maximum atomic E-state index is 6.35. The third-order valence-corrected chi connectivity index (χ3v) is 3.45. The fourth-order valence-corrected chi connectivity index (χ4v) is 2.30. The molecule has 3 N–H and O–H groups in total. The van der Waals surface area contributed by atoms with Crippen LogP contribution >= 0.6 is 0 Å². The predicted molar refractivity (Wildman–Crippen MR) is 69.2 cm³/mol. The van der Waals surface area contributed by atoms with Crippen LogP contribution in [0.5, 0.6) is 5.75 Å². The molecule has 2 rings (SSSR count). The van der Waals surface area contributed by atoms with Crippen molar-refractivity contribution in [2.75, 3.05) is 33.8 Å². The summed E-state index contributed by atoms with van der Waals surface area (Å²) in [6.07, 6.45) is 0. The minimum atomic E-state index is 0.0166. The van der Waals surface area contributed by atoms with Gasteiger partial charge in [0.15, 0.2) is 0 Å². The Hall–Kier alpha value is -1.10. The van der Waals surface area contributed by atoms with Crippen molar-refractivity contribution in [2.45, 2.75) is 12.1 Å². The molecule has 0 bridgehead atoms. The molecule has 0 spiro atoms. The van der Waals surface area contributed by atoms with Crippen molar-refractivity contribution in [3.05, 3.63) is 29.8 Å². The lowest BCUT2D eigenvalue weighted by Gasteiger charge is -2.37. The van der Waals surface area contributed by atoms with E-state index in [1.54, 1.807) is 7.11 Å². The average molecular weight is 235 g/mol. The van der Waals surface area contributed by atoms with Gasteiger partial charge in [-0.2, -0.15) is 0 Å². The first kappa shape index (κ1) is 12.4. The highest BCUT2D eigenvalue weighted by Crippen LogP contribution is 2.22. The number of hydrogen-bond acceptors (Lipinski definition) is 4. The van der Waals surface area contributed by atoms with E-state index in [-0.39, 0.29) is 6.04 Å². The van der Waals surface area contributed by atoms with Crippen LogP contribution in [0.15, 0.2) is 24.3 Å². The first-order chi connectivity index (χ1) is 8.22. The van der Waals surface area contributed by atoms with E-state index in [1.807, 2.05) is 18.2 Å². The van der Waals surface area contributed by atoms with Gasteiger partial charge in [0, 0.05) is 31.7 Å². The smallest absolute Gasteiger partial charge is 0.119 e. The Morgan fingerprint density at radius 3 is 3.06 bits per heavy atom. The summed E-state index contributed by atoms with van der Waals surface area (Å²) in [5.41, 5.74) is 7.48. The normalized spacial score (nSPS) is 23.4. The second kappa shape index (κ2) is 5.49. The van der Waals surface area contributed by atoms with Crippen molar-refractivity contribution in [3.63, 3.8) is 0 Å². The Balaban J connectivity index is 2.14. The van der Waals surface area contributed by atoms with Crippen LogP contribution in [0.2, 0.25) is 0 Å². The Bertz CT molecular complexity index is 369. The first-order valence-corrected chi connectivity index (χ1v) is 6.03. The number of methoxy groups -OCH3 is 1. The summed E-state index contributed by atoms with van der Waals surface area (Å²) >= 11 is 0. The summed E-state index contributed by atoms with van der Waals surface area (Å²) in [5, 5.41) is 3.39. The van der Waals surface area contributed by atoms with E-state index in [4.69, 9.17) is 10.5 Å². The SMILES string of the molecule is COc1cccc(C(N)C2CNCCN2C)c1. The van der Waals surface area contributed by atoms with Gasteiger partial charge < -0.3 is 15.8 Å². The van der Waals surface area contributed by atoms with Gasteiger partial charge in [-0.15, -0.1) is 0 Å². The van der Waals surface area contributed by atoms with Crippen molar-refractivity contribution < 1.29 is 4.74 Å². The first-order valence-electron chi connectivity index (χ1n) is 6.03. The van der Waals surface area contributed by atoms with Gasteiger partial charge in [0.25, 0.3) is 0 Å². The zero-order valence-electron chi connectivity index (χ0n) is 10.5. The molecule has 1 fully saturated rings. The molecule has 1 aliphatic rings. The molecule has 94 valence electrons. The van der Waals surface area contributed by atoms with E-state index < -0.39 is 0 Å². The van der Waals surface area contributed by atoms with Crippen molar-refractivity contribution in [1.82, 2.24) is 10.2 Å². The third kappa shape index (κ3) is 2.77. The summed E-state index contributed by atoms with van der Waals surface area (Å²) < 4.78 is 5.23. The monoisotopic (exact) mass is 235 g/mol. The molecular formula is C13H21N3O. The van der Waals surface area contributed by atoms with E-state index in [9.17, 15) is 0 Å². The number of hydrogen-bond donors (Lipinski definition) is 2. The molecule has 4 nitrogen and oxygen atoms in total. The van der Waals surface area contributed by atoms with Gasteiger partial charge in [-0.1, -0.05) is 12.1 Å². The standard InChI is InChI=1S/C13H21N3O/c1-16-7-6-15-9-12(16)13(14)10-4-3-5-11(8-10)17-2/h3-5,8,12-13,15H,6-7,9,14H2,1-2H3. The van der Waals surface area contributed by atoms with Crippen LogP contribution in [0, 0.1) is 0 Å². The molecule has 0 aromatic heterocycles. The highest BCUT2D eigenvalue weighted by molar-refractivity contribution is 5.31. The highest BCUT2D eigenvalue weighted by atomic mass is 16.5. The molecule has 0 saturated carbocycles. The molecule has 0 radical (unpaired) electrons. The van der Waals surface area contributed by atoms with E-state index in [0.717, 1.165) is 30.9 Å². The topological polar surface area (TPSA) is 50.5 Å². The van der Waals surface area contributed by atoms with Crippen LogP contribution in [0.25, 0.3) is 0 Å². The lowest BCUT2D eigenvalue weighted by Crippen LogP contribution is -2.53. The molecule has 1 saturated heterocycles. The van der Waals surface area contributed by atoms with E-state index >= 15 is 0 Å². The highest BCUT2D eigenvalue weighted by Gasteiger charge is 2.26. The van der Waals surface area contributed by atoms with Gasteiger partial charge in [-0.05, 0) is 24.7 Å². The maximum absolute atomic E-state index is 6.35. The summed E-state index contributed by atoms with van der Waals surface area (Å²) in [4.78, 5) is 2.32. The number of rotatable bonds is 3. The van der Waals surface area contributed by atoms with Gasteiger partial charge in [0.1, 0.15) is 5.75 Å². The summed E-state index contributed by atoms with van der Waals surface area (Å²) in [5.74, 6) is 0.865. The zero-order valence-corrected chi connectivity index (χ0v) is 10.5. The van der Waals surface area contributed by atoms with Crippen LogP contribution in [-0.2, 0) is 0 Å². The number of nitrogens with zero attached hydrogens (tertiary/aromatic N) is 1. The summed E-state index contributed by atoms with van der Waals surface area (Å²) in [6, 6.07) is 8.38. The minimum Gasteiger partial charge on any atom is -0.497 e. The molecular weight excluding hydrogens is 214 g/mol. The average Bonchev–Trinajstić information content (AvgIpc) is 2.38. The molecule has 17 heavy (non-hydrogen) atoms. The Morgan fingerprint density at radius 2 is 2.35 bits per heavy atom. The van der Waals surface area contributed by atoms with Gasteiger partial charge in [-0.3, -0.25) is 4.90 Å². The second-order valence-electron chi connectivity index (χ2n) is 4.55. The Labute approximate surface area is 103 Å². The van der Waals surface area contributed by atoms with Gasteiger partial charge in [0.2, 0.25) is 0 Å². The van der Waals surface area contributed by atoms with Crippen molar-refractivity contribution in [2.24, 2.45) is 5.73 Å². The number of nitrogens with two attached hydrogens (primary N) is 1. The third-order valence-electron chi connectivity index (χ3n) is 3.45. The summed E-state index contributed by atoms with van der Waals surface area (Å²) in [7, 11) is 3.81. The van der Waals surface area contributed by atoms with E-state index in [2.05, 4.69) is 23.3 Å². The Morgan fingerprint density at radius 1 is 1.53 bits per heavy atom. The van der Waals surface area contributed by atoms with Gasteiger partial charge in [0.05, 0.1) is 7.11 Å². The number of benzene rings is 1. The van der Waals surface area contributed by atoms with Crippen LogP contribution in [0.1, 0.15) is 11.6 Å². The minimum absolute atomic E-state index is 0.0166. The van der Waals surface area contributed by atoms with Crippen LogP contribution in [0.4, 0.5) is 0 Å². The summed E-state index contributed by atoms with van der Waals surface area (Å²) in [6.45, 7) is 3.02. The molecule has 1 aliphatic heterocycles. The molecule has 2 unspecified atom stereocenters. The van der Waals surface area contributed by atoms with Crippen LogP contribution < -0.4 is 15.8 Å². The zero-order chi connectivity index (χ0) is 12.3. The second-order valence-corrected chi connectivity index (χ2v) is 4.55. The Kier molecular flexibility index (Phi) is 3.99. The van der Waals surface area contributed by atoms with Crippen molar-refractivity contribution in [1.29, 1.82) is 0 Å². The lowest BCUT2D eigenvalue weighted by atomic mass is 9.97. The van der Waals surface area contributed by atoms with Crippen LogP contribution in [0.3, 0.4) is 0 Å². The molecule has 4 heteroatoms. The van der Waals surface area contributed by atoms with E-state index in [1.165, 1.54) is 0 Å². The van der Waals surface area contributed by atoms with Crippen LogP contribution in [-0.4, -0.2) is 44.7 Å². The fraction of sp³-hybridized carbons (Fsp3) is 0.538. The van der Waals surface area contributed by atoms with Gasteiger partial charge >= 0.3 is 0 Å². The largest absolute Gasteiger partial charge is 0.497 e. The molecule has 0 aliphatic carbocycles. The number of likely N-dealkylation sites (N-methyl/N-ethyl adjacent to an activating group) is 1. The maximum Gasteiger partial charge on any atom is 0.119 e. The van der Waals surface area contributed by atoms with E-state index in [0.29, 0.717) is 6.04 Å². The molecule has 1 aromatic rings. The fourth-order valence-electron chi connectivity index (χ4n) is 2.30. The van der Waals surface area contributed by atoms with Crippen molar-refractivity contribution in [3.8, 4) is 5.75 Å².